The molecular formula is C10H16N2O2. The maximum atomic E-state index is 5.66. The van der Waals surface area contributed by atoms with Gasteiger partial charge in [0, 0.05) is 25.5 Å². The first-order chi connectivity index (χ1) is 6.90. The number of methoxy groups -OCH3 is 1. The minimum Gasteiger partial charge on any atom is -0.373 e. The van der Waals surface area contributed by atoms with Crippen LogP contribution >= 0.6 is 0 Å². The van der Waals surface area contributed by atoms with Crippen LogP contribution in [0.5, 0.6) is 0 Å². The number of nitrogens with zero attached hydrogens (tertiary/aromatic N) is 2. The van der Waals surface area contributed by atoms with Crippen molar-refractivity contribution in [3.05, 3.63) is 18.0 Å². The first kappa shape index (κ1) is 9.68. The van der Waals surface area contributed by atoms with E-state index >= 15 is 0 Å². The van der Waals surface area contributed by atoms with E-state index < -0.39 is 0 Å². The maximum Gasteiger partial charge on any atom is 0.138 e. The monoisotopic (exact) mass is 196 g/mol. The second kappa shape index (κ2) is 4.57. The van der Waals surface area contributed by atoms with Gasteiger partial charge in [-0.2, -0.15) is 5.10 Å². The third-order valence-electron chi connectivity index (χ3n) is 2.47. The number of ether oxygens (including phenoxy) is 2. The number of aromatic nitrogens is 2. The SMILES string of the molecule is COCn1cc([C@H]2CCCCO2)cn1. The van der Waals surface area contributed by atoms with E-state index in [4.69, 9.17) is 9.47 Å². The van der Waals surface area contributed by atoms with Crippen LogP contribution in [0.3, 0.4) is 0 Å². The quantitative estimate of drug-likeness (QED) is 0.738. The average Bonchev–Trinajstić information content (AvgIpc) is 2.68. The Hall–Kier alpha value is -0.870. The van der Waals surface area contributed by atoms with Gasteiger partial charge < -0.3 is 9.47 Å². The molecule has 0 spiro atoms. The van der Waals surface area contributed by atoms with E-state index in [1.807, 2.05) is 12.4 Å². The highest BCUT2D eigenvalue weighted by Gasteiger charge is 2.17. The summed E-state index contributed by atoms with van der Waals surface area (Å²) in [5.74, 6) is 0. The molecule has 0 amide bonds. The summed E-state index contributed by atoms with van der Waals surface area (Å²) in [6.07, 6.45) is 7.66. The summed E-state index contributed by atoms with van der Waals surface area (Å²) in [6, 6.07) is 0. The van der Waals surface area contributed by atoms with Crippen molar-refractivity contribution in [2.75, 3.05) is 13.7 Å². The van der Waals surface area contributed by atoms with Crippen molar-refractivity contribution in [2.45, 2.75) is 32.1 Å². The van der Waals surface area contributed by atoms with E-state index in [-0.39, 0.29) is 6.10 Å². The Morgan fingerprint density at radius 1 is 1.64 bits per heavy atom. The summed E-state index contributed by atoms with van der Waals surface area (Å²) >= 11 is 0. The van der Waals surface area contributed by atoms with Gasteiger partial charge in [0.15, 0.2) is 0 Å². The molecule has 1 aliphatic rings. The average molecular weight is 196 g/mol. The van der Waals surface area contributed by atoms with Crippen LogP contribution < -0.4 is 0 Å². The van der Waals surface area contributed by atoms with E-state index in [0.717, 1.165) is 13.0 Å². The van der Waals surface area contributed by atoms with Gasteiger partial charge in [0.1, 0.15) is 6.73 Å². The minimum atomic E-state index is 0.245. The Morgan fingerprint density at radius 3 is 3.29 bits per heavy atom. The molecule has 14 heavy (non-hydrogen) atoms. The highest BCUT2D eigenvalue weighted by atomic mass is 16.5. The molecule has 1 atom stereocenters. The molecular weight excluding hydrogens is 180 g/mol. The minimum absolute atomic E-state index is 0.245. The normalized spacial score (nSPS) is 22.5. The van der Waals surface area contributed by atoms with Crippen LogP contribution in [-0.4, -0.2) is 23.5 Å². The van der Waals surface area contributed by atoms with Crippen molar-refractivity contribution in [2.24, 2.45) is 0 Å². The van der Waals surface area contributed by atoms with E-state index in [1.54, 1.807) is 11.8 Å². The van der Waals surface area contributed by atoms with Crippen molar-refractivity contribution in [3.8, 4) is 0 Å². The molecule has 0 aromatic carbocycles. The van der Waals surface area contributed by atoms with Crippen molar-refractivity contribution in [3.63, 3.8) is 0 Å². The molecule has 4 heteroatoms. The molecule has 0 saturated carbocycles. The van der Waals surface area contributed by atoms with Gasteiger partial charge in [-0.05, 0) is 19.3 Å². The third kappa shape index (κ3) is 2.13. The summed E-state index contributed by atoms with van der Waals surface area (Å²) in [6.45, 7) is 1.38. The highest BCUT2D eigenvalue weighted by molar-refractivity contribution is 5.08. The summed E-state index contributed by atoms with van der Waals surface area (Å²) in [5, 5.41) is 4.19. The lowest BCUT2D eigenvalue weighted by Crippen LogP contribution is -2.10. The van der Waals surface area contributed by atoms with Gasteiger partial charge in [-0.3, -0.25) is 0 Å². The van der Waals surface area contributed by atoms with Crippen LogP contribution in [0, 0.1) is 0 Å². The largest absolute Gasteiger partial charge is 0.373 e. The van der Waals surface area contributed by atoms with Gasteiger partial charge in [-0.1, -0.05) is 0 Å². The Kier molecular flexibility index (Phi) is 3.16. The fraction of sp³-hybridized carbons (Fsp3) is 0.700. The summed E-state index contributed by atoms with van der Waals surface area (Å²) in [4.78, 5) is 0. The molecule has 1 aromatic rings. The molecule has 1 aliphatic heterocycles. The zero-order valence-corrected chi connectivity index (χ0v) is 8.48. The number of hydrogen-bond acceptors (Lipinski definition) is 3. The van der Waals surface area contributed by atoms with Crippen LogP contribution in [-0.2, 0) is 16.2 Å². The molecule has 1 fully saturated rings. The molecule has 0 radical (unpaired) electrons. The van der Waals surface area contributed by atoms with Gasteiger partial charge >= 0.3 is 0 Å². The second-order valence-corrected chi connectivity index (χ2v) is 3.59. The van der Waals surface area contributed by atoms with E-state index in [2.05, 4.69) is 5.10 Å². The fourth-order valence-corrected chi connectivity index (χ4v) is 1.75. The van der Waals surface area contributed by atoms with Crippen molar-refractivity contribution in [1.29, 1.82) is 0 Å². The first-order valence-electron chi connectivity index (χ1n) is 5.03. The van der Waals surface area contributed by atoms with Crippen molar-refractivity contribution >= 4 is 0 Å². The Bertz CT molecular complexity index is 279. The van der Waals surface area contributed by atoms with Crippen molar-refractivity contribution < 1.29 is 9.47 Å². The summed E-state index contributed by atoms with van der Waals surface area (Å²) in [7, 11) is 1.67. The molecule has 0 N–H and O–H groups in total. The lowest BCUT2D eigenvalue weighted by molar-refractivity contribution is 0.0147. The first-order valence-corrected chi connectivity index (χ1v) is 5.03. The van der Waals surface area contributed by atoms with Gasteiger partial charge in [0.05, 0.1) is 12.3 Å². The molecule has 1 saturated heterocycles. The van der Waals surface area contributed by atoms with Gasteiger partial charge in [0.25, 0.3) is 0 Å². The Balaban J connectivity index is 2.00. The van der Waals surface area contributed by atoms with E-state index in [1.165, 1.54) is 18.4 Å². The van der Waals surface area contributed by atoms with E-state index in [0.29, 0.717) is 6.73 Å². The van der Waals surface area contributed by atoms with Crippen molar-refractivity contribution in [1.82, 2.24) is 9.78 Å². The molecule has 78 valence electrons. The van der Waals surface area contributed by atoms with Gasteiger partial charge in [-0.25, -0.2) is 4.68 Å². The Morgan fingerprint density at radius 2 is 2.57 bits per heavy atom. The molecule has 1 aromatic heterocycles. The van der Waals surface area contributed by atoms with Gasteiger partial charge in [-0.15, -0.1) is 0 Å². The maximum absolute atomic E-state index is 5.66. The third-order valence-corrected chi connectivity index (χ3v) is 2.47. The van der Waals surface area contributed by atoms with Crippen LogP contribution in [0.15, 0.2) is 12.4 Å². The zero-order chi connectivity index (χ0) is 9.80. The molecule has 4 nitrogen and oxygen atoms in total. The highest BCUT2D eigenvalue weighted by Crippen LogP contribution is 2.27. The zero-order valence-electron chi connectivity index (χ0n) is 8.48. The van der Waals surface area contributed by atoms with Crippen LogP contribution in [0.2, 0.25) is 0 Å². The predicted molar refractivity (Wildman–Crippen MR) is 51.8 cm³/mol. The summed E-state index contributed by atoms with van der Waals surface area (Å²) in [5.41, 5.74) is 1.17. The smallest absolute Gasteiger partial charge is 0.138 e. The van der Waals surface area contributed by atoms with Crippen LogP contribution in [0.1, 0.15) is 30.9 Å². The lowest BCUT2D eigenvalue weighted by atomic mass is 10.0. The fourth-order valence-electron chi connectivity index (χ4n) is 1.75. The Labute approximate surface area is 83.8 Å². The molecule has 0 aliphatic carbocycles. The molecule has 0 bridgehead atoms. The van der Waals surface area contributed by atoms with E-state index in [9.17, 15) is 0 Å². The molecule has 2 rings (SSSR count). The topological polar surface area (TPSA) is 36.3 Å². The number of hydrogen-bond donors (Lipinski definition) is 0. The lowest BCUT2D eigenvalue weighted by Gasteiger charge is -2.21. The summed E-state index contributed by atoms with van der Waals surface area (Å²) < 4.78 is 12.4. The van der Waals surface area contributed by atoms with Crippen LogP contribution in [0.25, 0.3) is 0 Å². The molecule has 2 heterocycles. The number of rotatable bonds is 3. The second-order valence-electron chi connectivity index (χ2n) is 3.59. The predicted octanol–water partition coefficient (Wildman–Crippen LogP) is 1.73. The van der Waals surface area contributed by atoms with Crippen LogP contribution in [0.4, 0.5) is 0 Å². The molecule has 0 unspecified atom stereocenters. The standard InChI is InChI=1S/C10H16N2O2/c1-13-8-12-7-9(6-11-12)10-4-2-3-5-14-10/h6-7,10H,2-5,8H2,1H3/t10-/m1/s1. The van der Waals surface area contributed by atoms with Gasteiger partial charge in [0.2, 0.25) is 0 Å².